The minimum atomic E-state index is -0.869. The molecule has 2 aromatic carbocycles. The number of benzene rings is 2. The van der Waals surface area contributed by atoms with Gasteiger partial charge in [-0.15, -0.1) is 0 Å². The number of rotatable bonds is 6. The second-order valence-electron chi connectivity index (χ2n) is 6.11. The Hall–Kier alpha value is -2.53. The smallest absolute Gasteiger partial charge is 0.339 e. The third-order valence-electron chi connectivity index (χ3n) is 3.92. The molecule has 0 fully saturated rings. The highest BCUT2D eigenvalue weighted by molar-refractivity contribution is 5.71. The van der Waals surface area contributed by atoms with Crippen LogP contribution < -0.4 is 10.5 Å². The molecule has 2 unspecified atom stereocenters. The highest BCUT2D eigenvalue weighted by Crippen LogP contribution is 2.29. The average molecular weight is 328 g/mol. The van der Waals surface area contributed by atoms with Crippen LogP contribution in [0.15, 0.2) is 54.6 Å². The summed E-state index contributed by atoms with van der Waals surface area (Å²) in [5.41, 5.74) is 7.08. The van der Waals surface area contributed by atoms with Gasteiger partial charge in [-0.3, -0.25) is 5.21 Å². The number of carbonyl (C=O) groups is 1. The number of hydroxylamine groups is 2. The Morgan fingerprint density at radius 3 is 2.08 bits per heavy atom. The highest BCUT2D eigenvalue weighted by atomic mass is 16.5. The molecular formula is C19H24N2O3. The number of amides is 2. The van der Waals surface area contributed by atoms with E-state index in [1.807, 2.05) is 75.4 Å². The Labute approximate surface area is 142 Å². The van der Waals surface area contributed by atoms with Crippen LogP contribution in [0.3, 0.4) is 0 Å². The molecule has 0 radical (unpaired) electrons. The van der Waals surface area contributed by atoms with E-state index in [-0.39, 0.29) is 12.0 Å². The van der Waals surface area contributed by atoms with E-state index in [2.05, 4.69) is 0 Å². The zero-order valence-electron chi connectivity index (χ0n) is 14.2. The van der Waals surface area contributed by atoms with Crippen molar-refractivity contribution < 1.29 is 14.7 Å². The van der Waals surface area contributed by atoms with Crippen LogP contribution in [0.4, 0.5) is 4.79 Å². The van der Waals surface area contributed by atoms with Gasteiger partial charge in [-0.1, -0.05) is 56.3 Å². The topological polar surface area (TPSA) is 75.8 Å². The van der Waals surface area contributed by atoms with Gasteiger partial charge in [0.05, 0.1) is 6.04 Å². The first kappa shape index (κ1) is 17.8. The molecule has 0 heterocycles. The van der Waals surface area contributed by atoms with Crippen LogP contribution in [0.5, 0.6) is 5.75 Å². The third kappa shape index (κ3) is 4.26. The van der Waals surface area contributed by atoms with Gasteiger partial charge in [0.1, 0.15) is 11.9 Å². The summed E-state index contributed by atoms with van der Waals surface area (Å²) in [6.07, 6.45) is -0.0714. The summed E-state index contributed by atoms with van der Waals surface area (Å²) >= 11 is 0. The van der Waals surface area contributed by atoms with E-state index < -0.39 is 12.1 Å². The predicted octanol–water partition coefficient (Wildman–Crippen LogP) is 4.29. The van der Waals surface area contributed by atoms with E-state index in [1.165, 1.54) is 0 Å². The van der Waals surface area contributed by atoms with Crippen LogP contribution in [0.1, 0.15) is 44.0 Å². The number of urea groups is 1. The van der Waals surface area contributed by atoms with Crippen LogP contribution in [-0.2, 0) is 0 Å². The van der Waals surface area contributed by atoms with Gasteiger partial charge in [-0.05, 0) is 36.1 Å². The first-order chi connectivity index (χ1) is 11.4. The largest absolute Gasteiger partial charge is 0.486 e. The summed E-state index contributed by atoms with van der Waals surface area (Å²) in [7, 11) is 0. The van der Waals surface area contributed by atoms with Gasteiger partial charge in [0.2, 0.25) is 0 Å². The minimum Gasteiger partial charge on any atom is -0.486 e. The molecule has 0 bridgehead atoms. The molecule has 0 aromatic heterocycles. The van der Waals surface area contributed by atoms with Crippen molar-refractivity contribution in [2.24, 2.45) is 11.7 Å². The van der Waals surface area contributed by atoms with Crippen LogP contribution >= 0.6 is 0 Å². The maximum atomic E-state index is 11.3. The van der Waals surface area contributed by atoms with E-state index in [4.69, 9.17) is 10.5 Å². The van der Waals surface area contributed by atoms with Gasteiger partial charge in [-0.25, -0.2) is 4.79 Å². The summed E-state index contributed by atoms with van der Waals surface area (Å²) < 4.78 is 5.94. The van der Waals surface area contributed by atoms with Gasteiger partial charge < -0.3 is 10.5 Å². The first-order valence-electron chi connectivity index (χ1n) is 7.99. The summed E-state index contributed by atoms with van der Waals surface area (Å²) in [4.78, 5) is 11.3. The quantitative estimate of drug-likeness (QED) is 0.613. The number of hydrogen-bond donors (Lipinski definition) is 2. The molecule has 0 aliphatic carbocycles. The van der Waals surface area contributed by atoms with Crippen LogP contribution in [-0.4, -0.2) is 16.3 Å². The van der Waals surface area contributed by atoms with Crippen LogP contribution in [0.25, 0.3) is 0 Å². The van der Waals surface area contributed by atoms with Crippen molar-refractivity contribution in [1.29, 1.82) is 0 Å². The summed E-state index contributed by atoms with van der Waals surface area (Å²) in [6.45, 7) is 5.82. The Bertz CT molecular complexity index is 656. The summed E-state index contributed by atoms with van der Waals surface area (Å²) in [6, 6.07) is 15.9. The monoisotopic (exact) mass is 328 g/mol. The lowest BCUT2D eigenvalue weighted by molar-refractivity contribution is -0.0895. The standard InChI is InChI=1S/C19H24N2O3/c1-13(2)18(21(23)19(20)22)16-9-11-17(12-10-16)24-14(3)15-7-5-4-6-8-15/h4-14,18,23H,1-3H3,(H2,20,22). The average Bonchev–Trinajstić information content (AvgIpc) is 2.57. The van der Waals surface area contributed by atoms with Crippen molar-refractivity contribution in [3.05, 3.63) is 65.7 Å². The molecule has 2 aromatic rings. The summed E-state index contributed by atoms with van der Waals surface area (Å²) in [5.74, 6) is 0.735. The van der Waals surface area contributed by atoms with Crippen molar-refractivity contribution in [1.82, 2.24) is 5.06 Å². The van der Waals surface area contributed by atoms with Crippen molar-refractivity contribution in [3.8, 4) is 5.75 Å². The molecular weight excluding hydrogens is 304 g/mol. The predicted molar refractivity (Wildman–Crippen MR) is 92.7 cm³/mol. The molecule has 0 aliphatic heterocycles. The first-order valence-corrected chi connectivity index (χ1v) is 7.99. The fraction of sp³-hybridized carbons (Fsp3) is 0.316. The second-order valence-corrected chi connectivity index (χ2v) is 6.11. The van der Waals surface area contributed by atoms with Gasteiger partial charge in [0.15, 0.2) is 0 Å². The van der Waals surface area contributed by atoms with Crippen LogP contribution in [0.2, 0.25) is 0 Å². The molecule has 128 valence electrons. The lowest BCUT2D eigenvalue weighted by atomic mass is 9.96. The third-order valence-corrected chi connectivity index (χ3v) is 3.92. The van der Waals surface area contributed by atoms with Crippen molar-refractivity contribution in [2.45, 2.75) is 32.9 Å². The molecule has 2 amide bonds. The molecule has 5 heteroatoms. The highest BCUT2D eigenvalue weighted by Gasteiger charge is 2.25. The molecule has 0 saturated heterocycles. The molecule has 2 atom stereocenters. The lowest BCUT2D eigenvalue weighted by Crippen LogP contribution is -2.38. The van der Waals surface area contributed by atoms with E-state index in [9.17, 15) is 10.0 Å². The Morgan fingerprint density at radius 2 is 1.58 bits per heavy atom. The van der Waals surface area contributed by atoms with E-state index in [1.54, 1.807) is 0 Å². The maximum Gasteiger partial charge on any atom is 0.339 e. The van der Waals surface area contributed by atoms with Gasteiger partial charge in [0, 0.05) is 0 Å². The number of nitrogens with two attached hydrogens (primary N) is 1. The fourth-order valence-corrected chi connectivity index (χ4v) is 2.69. The number of nitrogens with zero attached hydrogens (tertiary/aromatic N) is 1. The maximum absolute atomic E-state index is 11.3. The van der Waals surface area contributed by atoms with Crippen molar-refractivity contribution in [3.63, 3.8) is 0 Å². The molecule has 2 rings (SSSR count). The molecule has 5 nitrogen and oxygen atoms in total. The molecule has 0 spiro atoms. The number of primary amides is 1. The SMILES string of the molecule is CC(Oc1ccc(C(C(C)C)N(O)C(N)=O)cc1)c1ccccc1. The zero-order valence-corrected chi connectivity index (χ0v) is 14.2. The van der Waals surface area contributed by atoms with Crippen molar-refractivity contribution >= 4 is 6.03 Å². The number of ether oxygens (including phenoxy) is 1. The zero-order chi connectivity index (χ0) is 17.7. The number of hydrogen-bond acceptors (Lipinski definition) is 3. The second kappa shape index (κ2) is 7.84. The Morgan fingerprint density at radius 1 is 1.00 bits per heavy atom. The lowest BCUT2D eigenvalue weighted by Gasteiger charge is -2.28. The van der Waals surface area contributed by atoms with Crippen molar-refractivity contribution in [2.75, 3.05) is 0 Å². The van der Waals surface area contributed by atoms with Crippen LogP contribution in [0, 0.1) is 5.92 Å². The normalized spacial score (nSPS) is 13.4. The molecule has 0 saturated carbocycles. The molecule has 3 N–H and O–H groups in total. The van der Waals surface area contributed by atoms with Gasteiger partial charge in [-0.2, -0.15) is 5.06 Å². The van der Waals surface area contributed by atoms with E-state index in [0.29, 0.717) is 5.06 Å². The van der Waals surface area contributed by atoms with Gasteiger partial charge in [0.25, 0.3) is 0 Å². The minimum absolute atomic E-state index is 0.0116. The summed E-state index contributed by atoms with van der Waals surface area (Å²) in [5, 5.41) is 10.5. The Kier molecular flexibility index (Phi) is 5.82. The van der Waals surface area contributed by atoms with E-state index in [0.717, 1.165) is 16.9 Å². The van der Waals surface area contributed by atoms with Gasteiger partial charge >= 0.3 is 6.03 Å². The fourth-order valence-electron chi connectivity index (χ4n) is 2.69. The Balaban J connectivity index is 2.13. The van der Waals surface area contributed by atoms with E-state index >= 15 is 0 Å². The molecule has 0 aliphatic rings. The molecule has 24 heavy (non-hydrogen) atoms. The number of carbonyl (C=O) groups excluding carboxylic acids is 1.